The van der Waals surface area contributed by atoms with Gasteiger partial charge < -0.3 is 15.6 Å². The Morgan fingerprint density at radius 2 is 1.96 bits per heavy atom. The maximum atomic E-state index is 14.2. The predicted molar refractivity (Wildman–Crippen MR) is 84.8 cm³/mol. The molecule has 0 amide bonds. The number of carboxylic acids is 1. The molecule has 23 heavy (non-hydrogen) atoms. The summed E-state index contributed by atoms with van der Waals surface area (Å²) in [6.07, 6.45) is 2.42. The Morgan fingerprint density at radius 1 is 1.26 bits per heavy atom. The lowest BCUT2D eigenvalue weighted by Crippen LogP contribution is -2.32. The molecule has 3 rings (SSSR count). The largest absolute Gasteiger partial charge is 0.490 e. The van der Waals surface area contributed by atoms with E-state index in [0.29, 0.717) is 16.9 Å². The summed E-state index contributed by atoms with van der Waals surface area (Å²) in [5, 5.41) is 8.85. The smallest absolute Gasteiger partial charge is 0.320 e. The number of halogens is 1. The molecular formula is C18H18FNO3. The second-order valence-electron chi connectivity index (χ2n) is 5.78. The monoisotopic (exact) mass is 315 g/mol. The quantitative estimate of drug-likeness (QED) is 0.859. The first-order valence-corrected chi connectivity index (χ1v) is 7.57. The van der Waals surface area contributed by atoms with Crippen LogP contribution in [-0.4, -0.2) is 23.2 Å². The lowest BCUT2D eigenvalue weighted by atomic mass is 10.00. The second-order valence-corrected chi connectivity index (χ2v) is 5.78. The molecule has 1 unspecified atom stereocenters. The molecule has 0 aromatic heterocycles. The van der Waals surface area contributed by atoms with Crippen LogP contribution in [0.4, 0.5) is 4.39 Å². The first-order chi connectivity index (χ1) is 11.0. The highest BCUT2D eigenvalue weighted by molar-refractivity contribution is 5.74. The van der Waals surface area contributed by atoms with Crippen LogP contribution in [0.2, 0.25) is 0 Å². The van der Waals surface area contributed by atoms with Crippen molar-refractivity contribution < 1.29 is 19.0 Å². The Labute approximate surface area is 133 Å². The number of hydrogen-bond acceptors (Lipinski definition) is 3. The van der Waals surface area contributed by atoms with E-state index in [0.717, 1.165) is 18.4 Å². The summed E-state index contributed by atoms with van der Waals surface area (Å²) < 4.78 is 20.0. The van der Waals surface area contributed by atoms with Gasteiger partial charge in [-0.15, -0.1) is 0 Å². The summed E-state index contributed by atoms with van der Waals surface area (Å²) in [6, 6.07) is 10.9. The van der Waals surface area contributed by atoms with Gasteiger partial charge in [-0.25, -0.2) is 4.39 Å². The van der Waals surface area contributed by atoms with Crippen molar-refractivity contribution in [1.29, 1.82) is 0 Å². The van der Waals surface area contributed by atoms with E-state index in [1.165, 1.54) is 6.07 Å². The van der Waals surface area contributed by atoms with Crippen LogP contribution in [0.1, 0.15) is 18.4 Å². The van der Waals surface area contributed by atoms with Crippen molar-refractivity contribution in [2.45, 2.75) is 31.4 Å². The van der Waals surface area contributed by atoms with E-state index in [4.69, 9.17) is 15.6 Å². The van der Waals surface area contributed by atoms with Gasteiger partial charge in [0.1, 0.15) is 17.6 Å². The van der Waals surface area contributed by atoms with E-state index in [1.807, 2.05) is 0 Å². The summed E-state index contributed by atoms with van der Waals surface area (Å²) in [5.41, 5.74) is 7.46. The molecule has 3 N–H and O–H groups in total. The molecule has 5 heteroatoms. The summed E-state index contributed by atoms with van der Waals surface area (Å²) in [4.78, 5) is 10.8. The van der Waals surface area contributed by atoms with Gasteiger partial charge in [0.05, 0.1) is 11.7 Å². The molecule has 1 aliphatic carbocycles. The van der Waals surface area contributed by atoms with E-state index >= 15 is 0 Å². The van der Waals surface area contributed by atoms with E-state index in [-0.39, 0.29) is 18.3 Å². The van der Waals surface area contributed by atoms with E-state index in [2.05, 4.69) is 0 Å². The Bertz CT molecular complexity index is 711. The number of rotatable bonds is 6. The van der Waals surface area contributed by atoms with Crippen molar-refractivity contribution in [2.24, 2.45) is 5.73 Å². The molecule has 0 radical (unpaired) electrons. The molecular weight excluding hydrogens is 297 g/mol. The van der Waals surface area contributed by atoms with E-state index in [9.17, 15) is 9.18 Å². The maximum absolute atomic E-state index is 14.2. The minimum absolute atomic E-state index is 0.184. The minimum Gasteiger partial charge on any atom is -0.490 e. The Morgan fingerprint density at radius 3 is 2.57 bits per heavy atom. The van der Waals surface area contributed by atoms with Gasteiger partial charge in [0, 0.05) is 0 Å². The predicted octanol–water partition coefficient (Wildman–Crippen LogP) is 2.99. The molecule has 0 bridgehead atoms. The molecule has 2 aromatic rings. The maximum Gasteiger partial charge on any atom is 0.320 e. The summed E-state index contributed by atoms with van der Waals surface area (Å²) in [5.74, 6) is -0.830. The van der Waals surface area contributed by atoms with Gasteiger partial charge in [0.2, 0.25) is 0 Å². The SMILES string of the molecule is NC(Cc1ccc(-c2c(F)cccc2OC2CC2)cc1)C(=O)O. The summed E-state index contributed by atoms with van der Waals surface area (Å²) >= 11 is 0. The van der Waals surface area contributed by atoms with Crippen LogP contribution < -0.4 is 10.5 Å². The number of nitrogens with two attached hydrogens (primary N) is 1. The standard InChI is InChI=1S/C18H18FNO3/c19-14-2-1-3-16(23-13-8-9-13)17(14)12-6-4-11(5-7-12)10-15(20)18(21)22/h1-7,13,15H,8-10,20H2,(H,21,22). The highest BCUT2D eigenvalue weighted by atomic mass is 19.1. The molecule has 2 aromatic carbocycles. The van der Waals surface area contributed by atoms with Crippen LogP contribution in [0.15, 0.2) is 42.5 Å². The lowest BCUT2D eigenvalue weighted by Gasteiger charge is -2.13. The Kier molecular flexibility index (Phi) is 4.30. The molecule has 120 valence electrons. The van der Waals surface area contributed by atoms with E-state index in [1.54, 1.807) is 36.4 Å². The van der Waals surface area contributed by atoms with Crippen molar-refractivity contribution >= 4 is 5.97 Å². The van der Waals surface area contributed by atoms with Crippen LogP contribution >= 0.6 is 0 Å². The first-order valence-electron chi connectivity index (χ1n) is 7.57. The summed E-state index contributed by atoms with van der Waals surface area (Å²) in [7, 11) is 0. The molecule has 0 saturated heterocycles. The van der Waals surface area contributed by atoms with Crippen LogP contribution in [-0.2, 0) is 11.2 Å². The Balaban J connectivity index is 1.85. The normalized spacial score (nSPS) is 15.2. The van der Waals surface area contributed by atoms with Crippen LogP contribution in [0, 0.1) is 5.82 Å². The fourth-order valence-electron chi connectivity index (χ4n) is 2.40. The second kappa shape index (κ2) is 6.38. The van der Waals surface area contributed by atoms with Gasteiger partial charge in [-0.3, -0.25) is 4.79 Å². The zero-order chi connectivity index (χ0) is 16.4. The molecule has 0 aliphatic heterocycles. The number of carbonyl (C=O) groups is 1. The van der Waals surface area contributed by atoms with Crippen LogP contribution in [0.5, 0.6) is 5.75 Å². The van der Waals surface area contributed by atoms with Crippen molar-refractivity contribution in [2.75, 3.05) is 0 Å². The summed E-state index contributed by atoms with van der Waals surface area (Å²) in [6.45, 7) is 0. The molecule has 1 saturated carbocycles. The Hall–Kier alpha value is -2.40. The zero-order valence-electron chi connectivity index (χ0n) is 12.5. The highest BCUT2D eigenvalue weighted by Crippen LogP contribution is 2.36. The molecule has 4 nitrogen and oxygen atoms in total. The van der Waals surface area contributed by atoms with Crippen molar-refractivity contribution in [3.8, 4) is 16.9 Å². The van der Waals surface area contributed by atoms with Crippen LogP contribution in [0.3, 0.4) is 0 Å². The highest BCUT2D eigenvalue weighted by Gasteiger charge is 2.25. The number of aliphatic carboxylic acids is 1. The first kappa shape index (κ1) is 15.5. The van der Waals surface area contributed by atoms with Gasteiger partial charge in [0.15, 0.2) is 0 Å². The minimum atomic E-state index is -1.04. The van der Waals surface area contributed by atoms with E-state index < -0.39 is 12.0 Å². The third kappa shape index (κ3) is 3.68. The van der Waals surface area contributed by atoms with Gasteiger partial charge in [0.25, 0.3) is 0 Å². The molecule has 0 spiro atoms. The van der Waals surface area contributed by atoms with Gasteiger partial charge >= 0.3 is 5.97 Å². The number of hydrogen-bond donors (Lipinski definition) is 2. The number of benzene rings is 2. The third-order valence-electron chi connectivity index (χ3n) is 3.81. The van der Waals surface area contributed by atoms with Gasteiger partial charge in [-0.2, -0.15) is 0 Å². The van der Waals surface area contributed by atoms with Gasteiger partial charge in [-0.1, -0.05) is 30.3 Å². The molecule has 1 fully saturated rings. The average molecular weight is 315 g/mol. The topological polar surface area (TPSA) is 72.5 Å². The van der Waals surface area contributed by atoms with Crippen molar-refractivity contribution in [3.63, 3.8) is 0 Å². The fraction of sp³-hybridized carbons (Fsp3) is 0.278. The lowest BCUT2D eigenvalue weighted by molar-refractivity contribution is -0.138. The molecule has 0 heterocycles. The van der Waals surface area contributed by atoms with Crippen molar-refractivity contribution in [1.82, 2.24) is 0 Å². The third-order valence-corrected chi connectivity index (χ3v) is 3.81. The number of carboxylic acid groups (broad SMARTS) is 1. The molecule has 1 atom stereocenters. The molecule has 1 aliphatic rings. The van der Waals surface area contributed by atoms with Gasteiger partial charge in [-0.05, 0) is 42.5 Å². The zero-order valence-corrected chi connectivity index (χ0v) is 12.5. The van der Waals surface area contributed by atoms with Crippen LogP contribution in [0.25, 0.3) is 11.1 Å². The fourth-order valence-corrected chi connectivity index (χ4v) is 2.40. The van der Waals surface area contributed by atoms with Crippen molar-refractivity contribution in [3.05, 3.63) is 53.8 Å². The average Bonchev–Trinajstić information content (AvgIpc) is 3.32. The number of ether oxygens (including phenoxy) is 1.